The molecule has 5 heterocycles. The predicted octanol–water partition coefficient (Wildman–Crippen LogP) is 0.567. The largest absolute Gasteiger partial charge is 0.493 e. The fourth-order valence-corrected chi connectivity index (χ4v) is 5.35. The van der Waals surface area contributed by atoms with E-state index in [9.17, 15) is 14.7 Å². The molecule has 4 aromatic heterocycles. The first-order chi connectivity index (χ1) is 17.4. The topological polar surface area (TPSA) is 135 Å². The Labute approximate surface area is 209 Å². The molecule has 186 valence electrons. The van der Waals surface area contributed by atoms with Gasteiger partial charge in [-0.3, -0.25) is 14.8 Å². The highest BCUT2D eigenvalue weighted by Crippen LogP contribution is 2.29. The van der Waals surface area contributed by atoms with Gasteiger partial charge in [0.05, 0.1) is 27.7 Å². The zero-order valence-corrected chi connectivity index (χ0v) is 20.7. The molecule has 11 nitrogen and oxygen atoms in total. The third-order valence-corrected chi connectivity index (χ3v) is 7.72. The number of nitrogens with one attached hydrogen (secondary N) is 2. The van der Waals surface area contributed by atoms with Crippen LogP contribution in [0.5, 0.6) is 5.88 Å². The summed E-state index contributed by atoms with van der Waals surface area (Å²) in [6, 6.07) is 6.34. The van der Waals surface area contributed by atoms with Crippen LogP contribution in [0, 0.1) is 0 Å². The predicted molar refractivity (Wildman–Crippen MR) is 135 cm³/mol. The van der Waals surface area contributed by atoms with E-state index in [0.717, 1.165) is 37.2 Å². The number of H-pyrrole nitrogens is 2. The van der Waals surface area contributed by atoms with Gasteiger partial charge in [-0.15, -0.1) is 11.3 Å². The Bertz CT molecular complexity index is 1640. The van der Waals surface area contributed by atoms with E-state index in [4.69, 9.17) is 9.98 Å². The summed E-state index contributed by atoms with van der Waals surface area (Å²) in [7, 11) is 4.09. The molecule has 0 radical (unpaired) electrons. The van der Waals surface area contributed by atoms with Crippen molar-refractivity contribution in [2.24, 2.45) is 4.99 Å². The molecular formula is C24H26N8O3S. The lowest BCUT2D eigenvalue weighted by Crippen LogP contribution is -2.34. The second-order valence-corrected chi connectivity index (χ2v) is 10.6. The third kappa shape index (κ3) is 4.22. The summed E-state index contributed by atoms with van der Waals surface area (Å²) in [6.07, 6.45) is 6.30. The lowest BCUT2D eigenvalue weighted by Gasteiger charge is -2.19. The molecule has 1 unspecified atom stereocenters. The minimum absolute atomic E-state index is 0.0461. The Hall–Kier alpha value is -3.77. The molecule has 1 atom stereocenters. The lowest BCUT2D eigenvalue weighted by molar-refractivity contribution is 0.0788. The number of fused-ring (bicyclic) bond motifs is 1. The summed E-state index contributed by atoms with van der Waals surface area (Å²) in [6.45, 7) is 1.49. The van der Waals surface area contributed by atoms with Crippen molar-refractivity contribution in [3.05, 3.63) is 56.2 Å². The van der Waals surface area contributed by atoms with Crippen LogP contribution in [0.3, 0.4) is 0 Å². The van der Waals surface area contributed by atoms with Crippen LogP contribution in [-0.2, 0) is 0 Å². The van der Waals surface area contributed by atoms with Crippen LogP contribution < -0.4 is 16.4 Å². The second-order valence-electron chi connectivity index (χ2n) is 9.50. The zero-order valence-electron chi connectivity index (χ0n) is 19.9. The molecule has 1 saturated carbocycles. The lowest BCUT2D eigenvalue weighted by atomic mass is 10.2. The molecule has 36 heavy (non-hydrogen) atoms. The fraction of sp³-hybridized carbons (Fsp3) is 0.375. The molecule has 0 bridgehead atoms. The van der Waals surface area contributed by atoms with Gasteiger partial charge in [-0.05, 0) is 51.6 Å². The number of likely N-dealkylation sites (tertiary alicyclic amines) is 1. The number of nitrogens with zero attached hydrogens (tertiary/aromatic N) is 6. The highest BCUT2D eigenvalue weighted by Gasteiger charge is 2.29. The molecule has 6 rings (SSSR count). The number of amides is 1. The van der Waals surface area contributed by atoms with Crippen LogP contribution in [0.2, 0.25) is 0 Å². The third-order valence-electron chi connectivity index (χ3n) is 6.63. The summed E-state index contributed by atoms with van der Waals surface area (Å²) in [5.74, 6) is -0.206. The number of aromatic hydroxyl groups is 1. The monoisotopic (exact) mass is 506 g/mol. The van der Waals surface area contributed by atoms with Gasteiger partial charge in [0.2, 0.25) is 5.88 Å². The quantitative estimate of drug-likeness (QED) is 0.362. The maximum absolute atomic E-state index is 13.1. The fourth-order valence-electron chi connectivity index (χ4n) is 4.42. The molecule has 2 fully saturated rings. The number of rotatable bonds is 5. The van der Waals surface area contributed by atoms with Crippen molar-refractivity contribution in [2.75, 3.05) is 27.2 Å². The van der Waals surface area contributed by atoms with E-state index in [1.807, 2.05) is 37.2 Å². The number of imidazole rings is 1. The van der Waals surface area contributed by atoms with Gasteiger partial charge in [-0.1, -0.05) is 0 Å². The van der Waals surface area contributed by atoms with Crippen molar-refractivity contribution in [3.63, 3.8) is 0 Å². The Kier molecular flexibility index (Phi) is 5.49. The van der Waals surface area contributed by atoms with Crippen LogP contribution in [0.1, 0.15) is 34.6 Å². The Morgan fingerprint density at radius 2 is 2.11 bits per heavy atom. The van der Waals surface area contributed by atoms with Gasteiger partial charge in [-0.25, -0.2) is 9.78 Å². The van der Waals surface area contributed by atoms with E-state index in [1.54, 1.807) is 16.8 Å². The highest BCUT2D eigenvalue weighted by atomic mass is 32.1. The van der Waals surface area contributed by atoms with Gasteiger partial charge in [0.25, 0.3) is 5.91 Å². The summed E-state index contributed by atoms with van der Waals surface area (Å²) < 4.78 is 1.67. The first-order valence-electron chi connectivity index (χ1n) is 11.9. The Morgan fingerprint density at radius 3 is 2.81 bits per heavy atom. The van der Waals surface area contributed by atoms with E-state index in [2.05, 4.69) is 20.0 Å². The Morgan fingerprint density at radius 1 is 1.28 bits per heavy atom. The maximum atomic E-state index is 13.1. The van der Waals surface area contributed by atoms with Crippen LogP contribution in [0.15, 0.2) is 34.2 Å². The number of likely N-dealkylation sites (N-methyl/N-ethyl adjacent to an activating group) is 1. The van der Waals surface area contributed by atoms with Crippen molar-refractivity contribution in [2.45, 2.75) is 31.3 Å². The number of aromatic amines is 2. The molecule has 12 heteroatoms. The number of hydrogen-bond donors (Lipinski definition) is 3. The number of hydrogen-bond acceptors (Lipinski definition) is 8. The van der Waals surface area contributed by atoms with Gasteiger partial charge in [-0.2, -0.15) is 9.61 Å². The van der Waals surface area contributed by atoms with E-state index >= 15 is 0 Å². The molecule has 1 saturated heterocycles. The van der Waals surface area contributed by atoms with Crippen molar-refractivity contribution in [3.8, 4) is 16.5 Å². The summed E-state index contributed by atoms with van der Waals surface area (Å²) >= 11 is 1.42. The maximum Gasteiger partial charge on any atom is 0.326 e. The van der Waals surface area contributed by atoms with Crippen molar-refractivity contribution in [1.29, 1.82) is 0 Å². The van der Waals surface area contributed by atoms with Crippen molar-refractivity contribution < 1.29 is 9.90 Å². The SMILES string of the molecule is CN(C)C1CCN(C(=O)c2ccc(-c3cc(=NC4CC4)n4ncc(=Cc5[nH]c(=O)[nH]c5O)c4n3)s2)C1. The standard InChI is InChI=1S/C24H26N8O3S/c1-30(2)15-7-8-31(12-15)23(34)19-6-5-18(36-19)16-10-20(26-14-3-4-14)32-21(27-16)13(11-25-32)9-17-22(33)29-24(35)28-17/h5-6,9-11,14-15,33H,3-4,7-8,12H2,1-2H3,(H2,28,29,35). The first kappa shape index (κ1) is 22.7. The van der Waals surface area contributed by atoms with Crippen molar-refractivity contribution >= 4 is 29.0 Å². The number of thiophene rings is 1. The average molecular weight is 507 g/mol. The van der Waals surface area contributed by atoms with Crippen LogP contribution in [-0.4, -0.2) is 84.6 Å². The normalized spacial score (nSPS) is 19.3. The van der Waals surface area contributed by atoms with Crippen molar-refractivity contribution in [1.82, 2.24) is 34.4 Å². The summed E-state index contributed by atoms with van der Waals surface area (Å²) in [5, 5.41) is 15.1. The minimum Gasteiger partial charge on any atom is -0.493 e. The van der Waals surface area contributed by atoms with Crippen LogP contribution >= 0.6 is 11.3 Å². The Balaban J connectivity index is 1.40. The van der Waals surface area contributed by atoms with Gasteiger partial charge < -0.3 is 19.9 Å². The zero-order chi connectivity index (χ0) is 25.0. The van der Waals surface area contributed by atoms with E-state index in [0.29, 0.717) is 33.0 Å². The van der Waals surface area contributed by atoms with Gasteiger partial charge in [0.1, 0.15) is 5.69 Å². The number of carbonyl (C=O) groups is 1. The smallest absolute Gasteiger partial charge is 0.326 e. The summed E-state index contributed by atoms with van der Waals surface area (Å²) in [5.41, 5.74) is 1.66. The van der Waals surface area contributed by atoms with Gasteiger partial charge in [0.15, 0.2) is 11.1 Å². The van der Waals surface area contributed by atoms with Crippen LogP contribution in [0.4, 0.5) is 0 Å². The summed E-state index contributed by atoms with van der Waals surface area (Å²) in [4.78, 5) is 44.8. The van der Waals surface area contributed by atoms with Gasteiger partial charge in [0, 0.05) is 30.4 Å². The van der Waals surface area contributed by atoms with E-state index < -0.39 is 5.69 Å². The molecule has 0 aromatic carbocycles. The first-order valence-corrected chi connectivity index (χ1v) is 12.7. The number of aromatic nitrogens is 5. The minimum atomic E-state index is -0.501. The second kappa shape index (κ2) is 8.71. The molecule has 1 aliphatic heterocycles. The molecule has 1 amide bonds. The van der Waals surface area contributed by atoms with Crippen LogP contribution in [0.25, 0.3) is 22.3 Å². The van der Waals surface area contributed by atoms with E-state index in [-0.39, 0.29) is 23.5 Å². The molecular weight excluding hydrogens is 480 g/mol. The van der Waals surface area contributed by atoms with E-state index in [1.165, 1.54) is 11.3 Å². The van der Waals surface area contributed by atoms with Gasteiger partial charge >= 0.3 is 5.69 Å². The molecule has 0 spiro atoms. The molecule has 1 aliphatic carbocycles. The highest BCUT2D eigenvalue weighted by molar-refractivity contribution is 7.17. The molecule has 4 aromatic rings. The molecule has 3 N–H and O–H groups in total. The number of carbonyl (C=O) groups excluding carboxylic acids is 1. The average Bonchev–Trinajstić information content (AvgIpc) is 3.25. The molecule has 2 aliphatic rings.